The molecule has 0 bridgehead atoms. The van der Waals surface area contributed by atoms with Gasteiger partial charge in [0, 0.05) is 12.2 Å². The smallest absolute Gasteiger partial charge is 0.337 e. The summed E-state index contributed by atoms with van der Waals surface area (Å²) in [5.74, 6) is -0.436. The summed E-state index contributed by atoms with van der Waals surface area (Å²) in [4.78, 5) is 41.4. The summed E-state index contributed by atoms with van der Waals surface area (Å²) >= 11 is 5.72. The van der Waals surface area contributed by atoms with E-state index in [-0.39, 0.29) is 18.2 Å². The minimum absolute atomic E-state index is 0.1000. The topological polar surface area (TPSA) is 88.2 Å². The van der Waals surface area contributed by atoms with Crippen LogP contribution < -0.4 is 15.0 Å². The number of benzene rings is 3. The molecule has 4 rings (SSSR count). The molecule has 36 heavy (non-hydrogen) atoms. The number of esters is 1. The molecule has 1 aliphatic heterocycles. The molecule has 1 atom stereocenters. The number of thiocarbonyl (C=S) groups is 1. The number of hydrogen-bond acceptors (Lipinski definition) is 6. The van der Waals surface area contributed by atoms with Gasteiger partial charge in [-0.3, -0.25) is 14.5 Å². The molecule has 3 aromatic rings. The molecule has 184 valence electrons. The molecule has 1 fully saturated rings. The van der Waals surface area contributed by atoms with Crippen molar-refractivity contribution in [1.82, 2.24) is 4.90 Å². The third-order valence-corrected chi connectivity index (χ3v) is 6.23. The molecule has 0 saturated carbocycles. The first-order valence-electron chi connectivity index (χ1n) is 11.2. The van der Waals surface area contributed by atoms with Crippen molar-refractivity contribution in [1.29, 1.82) is 0 Å². The Bertz CT molecular complexity index is 1260. The van der Waals surface area contributed by atoms with E-state index in [9.17, 15) is 14.4 Å². The Morgan fingerprint density at radius 3 is 2.22 bits per heavy atom. The summed E-state index contributed by atoms with van der Waals surface area (Å²) in [6, 6.07) is 22.2. The van der Waals surface area contributed by atoms with Gasteiger partial charge in [-0.25, -0.2) is 4.79 Å². The van der Waals surface area contributed by atoms with Gasteiger partial charge in [-0.1, -0.05) is 30.3 Å². The van der Waals surface area contributed by atoms with Crippen LogP contribution in [0.2, 0.25) is 0 Å². The Balaban J connectivity index is 1.55. The summed E-state index contributed by atoms with van der Waals surface area (Å²) < 4.78 is 9.91. The molecule has 1 heterocycles. The van der Waals surface area contributed by atoms with E-state index < -0.39 is 12.0 Å². The van der Waals surface area contributed by atoms with Crippen LogP contribution in [0.15, 0.2) is 78.9 Å². The second kappa shape index (κ2) is 11.0. The Morgan fingerprint density at radius 2 is 1.61 bits per heavy atom. The zero-order valence-corrected chi connectivity index (χ0v) is 20.7. The molecule has 2 amide bonds. The number of amides is 2. The largest absolute Gasteiger partial charge is 0.497 e. The van der Waals surface area contributed by atoms with Gasteiger partial charge in [-0.05, 0) is 66.3 Å². The zero-order valence-electron chi connectivity index (χ0n) is 19.8. The quantitative estimate of drug-likeness (QED) is 0.367. The van der Waals surface area contributed by atoms with Crippen LogP contribution in [0.5, 0.6) is 5.75 Å². The Hall–Kier alpha value is -4.24. The first kappa shape index (κ1) is 24.9. The van der Waals surface area contributed by atoms with Crippen LogP contribution in [-0.2, 0) is 20.9 Å². The predicted octanol–water partition coefficient (Wildman–Crippen LogP) is 4.01. The summed E-state index contributed by atoms with van der Waals surface area (Å²) in [5, 5.41) is 3.12. The van der Waals surface area contributed by atoms with Crippen molar-refractivity contribution in [3.63, 3.8) is 0 Å². The van der Waals surface area contributed by atoms with Gasteiger partial charge in [-0.15, -0.1) is 0 Å². The molecule has 0 radical (unpaired) electrons. The van der Waals surface area contributed by atoms with Crippen molar-refractivity contribution in [2.45, 2.75) is 19.0 Å². The SMILES string of the molecule is COC(=O)c1ccc(NC(=O)C[C@H]2C(=O)N(c3ccc(OC)cc3)C(=S)N2Cc2ccccc2)cc1. The number of ether oxygens (including phenoxy) is 2. The molecular formula is C27H25N3O5S. The standard InChI is InChI=1S/C27H25N3O5S/c1-34-22-14-12-21(13-15-22)30-25(32)23(29(27(30)36)17-18-6-4-3-5-7-18)16-24(31)28-20-10-8-19(9-11-20)26(33)35-2/h3-15,23H,16-17H2,1-2H3,(H,28,31)/t23-/m0/s1. The van der Waals surface area contributed by atoms with E-state index >= 15 is 0 Å². The van der Waals surface area contributed by atoms with E-state index in [4.69, 9.17) is 21.7 Å². The van der Waals surface area contributed by atoms with Gasteiger partial charge in [0.05, 0.1) is 31.9 Å². The second-order valence-corrected chi connectivity index (χ2v) is 8.47. The average Bonchev–Trinajstić information content (AvgIpc) is 3.13. The summed E-state index contributed by atoms with van der Waals surface area (Å²) in [6.07, 6.45) is -0.1000. The van der Waals surface area contributed by atoms with Gasteiger partial charge in [-0.2, -0.15) is 0 Å². The number of hydrogen-bond donors (Lipinski definition) is 1. The highest BCUT2D eigenvalue weighted by molar-refractivity contribution is 7.80. The third-order valence-electron chi connectivity index (χ3n) is 5.81. The van der Waals surface area contributed by atoms with Crippen LogP contribution in [0.4, 0.5) is 11.4 Å². The summed E-state index contributed by atoms with van der Waals surface area (Å²) in [7, 11) is 2.87. The highest BCUT2D eigenvalue weighted by Gasteiger charge is 2.44. The van der Waals surface area contributed by atoms with Crippen molar-refractivity contribution in [2.24, 2.45) is 0 Å². The first-order chi connectivity index (χ1) is 17.4. The summed E-state index contributed by atoms with van der Waals surface area (Å²) in [5.41, 5.74) is 2.44. The number of carbonyl (C=O) groups is 3. The predicted molar refractivity (Wildman–Crippen MR) is 140 cm³/mol. The van der Waals surface area contributed by atoms with Crippen LogP contribution in [-0.4, -0.2) is 48.1 Å². The van der Waals surface area contributed by atoms with Crippen LogP contribution >= 0.6 is 12.2 Å². The van der Waals surface area contributed by atoms with Gasteiger partial charge in [0.15, 0.2) is 5.11 Å². The molecule has 9 heteroatoms. The molecule has 1 saturated heterocycles. The molecule has 0 aromatic heterocycles. The van der Waals surface area contributed by atoms with Crippen molar-refractivity contribution < 1.29 is 23.9 Å². The number of nitrogens with one attached hydrogen (secondary N) is 1. The first-order valence-corrected chi connectivity index (χ1v) is 11.6. The molecule has 3 aromatic carbocycles. The second-order valence-electron chi connectivity index (χ2n) is 8.10. The Labute approximate surface area is 214 Å². The fourth-order valence-electron chi connectivity index (χ4n) is 3.96. The summed E-state index contributed by atoms with van der Waals surface area (Å²) in [6.45, 7) is 0.379. The lowest BCUT2D eigenvalue weighted by atomic mass is 10.1. The van der Waals surface area contributed by atoms with Crippen molar-refractivity contribution >= 4 is 46.5 Å². The Kier molecular flexibility index (Phi) is 7.60. The molecule has 0 aliphatic carbocycles. The highest BCUT2D eigenvalue weighted by atomic mass is 32.1. The lowest BCUT2D eigenvalue weighted by Crippen LogP contribution is -2.37. The fourth-order valence-corrected chi connectivity index (χ4v) is 4.35. The molecule has 0 spiro atoms. The molecule has 0 unspecified atom stereocenters. The van der Waals surface area contributed by atoms with Gasteiger partial charge in [0.25, 0.3) is 5.91 Å². The third kappa shape index (κ3) is 5.36. The maximum atomic E-state index is 13.5. The van der Waals surface area contributed by atoms with Gasteiger partial charge < -0.3 is 19.7 Å². The number of methoxy groups -OCH3 is 2. The zero-order chi connectivity index (χ0) is 25.7. The number of rotatable bonds is 8. The lowest BCUT2D eigenvalue weighted by Gasteiger charge is -2.24. The molecule has 1 aliphatic rings. The minimum atomic E-state index is -0.783. The van der Waals surface area contributed by atoms with Crippen molar-refractivity contribution in [2.75, 3.05) is 24.4 Å². The molecule has 1 N–H and O–H groups in total. The molecular weight excluding hydrogens is 478 g/mol. The van der Waals surface area contributed by atoms with Crippen LogP contribution in [0.1, 0.15) is 22.3 Å². The number of anilines is 2. The normalized spacial score (nSPS) is 15.1. The van der Waals surface area contributed by atoms with E-state index in [1.54, 1.807) is 60.5 Å². The molecule has 8 nitrogen and oxygen atoms in total. The van der Waals surface area contributed by atoms with Crippen LogP contribution in [0.3, 0.4) is 0 Å². The lowest BCUT2D eigenvalue weighted by molar-refractivity contribution is -0.124. The van der Waals surface area contributed by atoms with Crippen molar-refractivity contribution in [3.05, 3.63) is 90.0 Å². The highest BCUT2D eigenvalue weighted by Crippen LogP contribution is 2.30. The Morgan fingerprint density at radius 1 is 0.944 bits per heavy atom. The van der Waals surface area contributed by atoms with Gasteiger partial charge >= 0.3 is 5.97 Å². The van der Waals surface area contributed by atoms with Crippen LogP contribution in [0, 0.1) is 0 Å². The van der Waals surface area contributed by atoms with E-state index in [0.717, 1.165) is 5.56 Å². The maximum absolute atomic E-state index is 13.5. The maximum Gasteiger partial charge on any atom is 0.337 e. The monoisotopic (exact) mass is 503 g/mol. The van der Waals surface area contributed by atoms with E-state index in [1.165, 1.54) is 12.0 Å². The van der Waals surface area contributed by atoms with Crippen LogP contribution in [0.25, 0.3) is 0 Å². The van der Waals surface area contributed by atoms with Crippen molar-refractivity contribution in [3.8, 4) is 5.75 Å². The van der Waals surface area contributed by atoms with Gasteiger partial charge in [0.2, 0.25) is 5.91 Å². The van der Waals surface area contributed by atoms with Gasteiger partial charge in [0.1, 0.15) is 11.8 Å². The fraction of sp³-hybridized carbons (Fsp3) is 0.185. The number of nitrogens with zero attached hydrogens (tertiary/aromatic N) is 2. The minimum Gasteiger partial charge on any atom is -0.497 e. The average molecular weight is 504 g/mol. The van der Waals surface area contributed by atoms with E-state index in [2.05, 4.69) is 5.32 Å². The van der Waals surface area contributed by atoms with E-state index in [0.29, 0.717) is 34.3 Å². The van der Waals surface area contributed by atoms with E-state index in [1.807, 2.05) is 30.3 Å². The number of carbonyl (C=O) groups excluding carboxylic acids is 3.